The minimum atomic E-state index is -0.514. The maximum atomic E-state index is 11.4. The molecule has 0 heterocycles. The van der Waals surface area contributed by atoms with Crippen LogP contribution in [0.4, 0.5) is 10.5 Å². The van der Waals surface area contributed by atoms with E-state index in [1.165, 1.54) is 6.07 Å². The molecule has 0 bridgehead atoms. The Morgan fingerprint density at radius 1 is 1.26 bits per heavy atom. The van der Waals surface area contributed by atoms with E-state index in [4.69, 9.17) is 4.74 Å². The van der Waals surface area contributed by atoms with Gasteiger partial charge in [0.15, 0.2) is 0 Å². The van der Waals surface area contributed by atoms with Crippen molar-refractivity contribution in [3.05, 3.63) is 52.1 Å². The molecule has 126 valence electrons. The maximum Gasteiger partial charge on any atom is 0.407 e. The summed E-state index contributed by atoms with van der Waals surface area (Å²) in [6.45, 7) is 6.71. The second kappa shape index (κ2) is 8.89. The van der Waals surface area contributed by atoms with Gasteiger partial charge < -0.3 is 15.4 Å². The highest BCUT2D eigenvalue weighted by atomic mass is 16.6. The Morgan fingerprint density at radius 3 is 2.57 bits per heavy atom. The Hall–Kier alpha value is -2.41. The smallest absolute Gasteiger partial charge is 0.407 e. The zero-order valence-electron chi connectivity index (χ0n) is 13.7. The number of alkyl carbamates (subject to hydrolysis) is 1. The first-order chi connectivity index (χ1) is 10.8. The highest BCUT2D eigenvalue weighted by Crippen LogP contribution is 2.16. The summed E-state index contributed by atoms with van der Waals surface area (Å²) < 4.78 is 5.10. The predicted molar refractivity (Wildman–Crippen MR) is 88.2 cm³/mol. The Kier molecular flexibility index (Phi) is 7.21. The van der Waals surface area contributed by atoms with Crippen LogP contribution in [-0.4, -0.2) is 29.7 Å². The molecule has 0 saturated heterocycles. The second-order valence-corrected chi connectivity index (χ2v) is 5.87. The lowest BCUT2D eigenvalue weighted by Crippen LogP contribution is -2.32. The molecule has 1 amide bonds. The fraction of sp³-hybridized carbons (Fsp3) is 0.438. The lowest BCUT2D eigenvalue weighted by atomic mass is 10.2. The number of carbonyl (C=O) groups is 1. The minimum Gasteiger partial charge on any atom is -0.444 e. The summed E-state index contributed by atoms with van der Waals surface area (Å²) in [5, 5.41) is 16.6. The fourth-order valence-electron chi connectivity index (χ4n) is 1.75. The molecule has 1 aromatic carbocycles. The van der Waals surface area contributed by atoms with Crippen molar-refractivity contribution >= 4 is 11.8 Å². The standard InChI is InChI=1S/C16H23N3O4/c1-16(2,3)23-15(20)18-11-7-6-10-17-12-13-8-4-5-9-14(13)19(21)22/h4-9,17H,10-12H2,1-3H3,(H,18,20)/b7-6+. The molecule has 1 aromatic rings. The van der Waals surface area contributed by atoms with E-state index in [1.54, 1.807) is 45.0 Å². The first-order valence-electron chi connectivity index (χ1n) is 7.34. The van der Waals surface area contributed by atoms with E-state index >= 15 is 0 Å². The van der Waals surface area contributed by atoms with Crippen LogP contribution in [0.5, 0.6) is 0 Å². The number of rotatable bonds is 7. The molecule has 0 saturated carbocycles. The summed E-state index contributed by atoms with van der Waals surface area (Å²) in [7, 11) is 0. The highest BCUT2D eigenvalue weighted by molar-refractivity contribution is 5.67. The van der Waals surface area contributed by atoms with Gasteiger partial charge in [-0.2, -0.15) is 0 Å². The molecule has 7 heteroatoms. The van der Waals surface area contributed by atoms with Gasteiger partial charge in [0, 0.05) is 31.3 Å². The van der Waals surface area contributed by atoms with Gasteiger partial charge in [-0.3, -0.25) is 10.1 Å². The molecule has 0 fully saturated rings. The summed E-state index contributed by atoms with van der Waals surface area (Å²) in [4.78, 5) is 21.9. The number of amides is 1. The van der Waals surface area contributed by atoms with Gasteiger partial charge in [0.25, 0.3) is 5.69 Å². The number of para-hydroxylation sites is 1. The number of hydrogen-bond donors (Lipinski definition) is 2. The highest BCUT2D eigenvalue weighted by Gasteiger charge is 2.15. The van der Waals surface area contributed by atoms with Crippen molar-refractivity contribution in [3.63, 3.8) is 0 Å². The number of nitro groups is 1. The van der Waals surface area contributed by atoms with E-state index in [-0.39, 0.29) is 5.69 Å². The molecule has 2 N–H and O–H groups in total. The SMILES string of the molecule is CC(C)(C)OC(=O)NC/C=C/CNCc1ccccc1[N+](=O)[O-]. The van der Waals surface area contributed by atoms with E-state index < -0.39 is 16.6 Å². The molecule has 0 radical (unpaired) electrons. The Bertz CT molecular complexity index is 565. The number of nitrogens with zero attached hydrogens (tertiary/aromatic N) is 1. The third-order valence-corrected chi connectivity index (χ3v) is 2.70. The molecule has 0 aromatic heterocycles. The van der Waals surface area contributed by atoms with Crippen molar-refractivity contribution in [1.29, 1.82) is 0 Å². The lowest BCUT2D eigenvalue weighted by molar-refractivity contribution is -0.385. The summed E-state index contributed by atoms with van der Waals surface area (Å²) in [5.74, 6) is 0. The van der Waals surface area contributed by atoms with Gasteiger partial charge in [-0.1, -0.05) is 30.4 Å². The molecule has 0 aliphatic rings. The molecule has 7 nitrogen and oxygen atoms in total. The van der Waals surface area contributed by atoms with Crippen LogP contribution in [0, 0.1) is 10.1 Å². The minimum absolute atomic E-state index is 0.107. The van der Waals surface area contributed by atoms with Crippen LogP contribution in [-0.2, 0) is 11.3 Å². The van der Waals surface area contributed by atoms with Crippen LogP contribution < -0.4 is 10.6 Å². The predicted octanol–water partition coefficient (Wildman–Crippen LogP) is 2.77. The lowest BCUT2D eigenvalue weighted by Gasteiger charge is -2.19. The van der Waals surface area contributed by atoms with Crippen molar-refractivity contribution in [1.82, 2.24) is 10.6 Å². The summed E-state index contributed by atoms with van der Waals surface area (Å²) in [5.41, 5.74) is 0.230. The molecule has 0 aliphatic carbocycles. The molecular formula is C16H23N3O4. The fourth-order valence-corrected chi connectivity index (χ4v) is 1.75. The molecular weight excluding hydrogens is 298 g/mol. The molecule has 0 spiro atoms. The number of nitro benzene ring substituents is 1. The van der Waals surface area contributed by atoms with Crippen molar-refractivity contribution in [2.75, 3.05) is 13.1 Å². The molecule has 0 unspecified atom stereocenters. The van der Waals surface area contributed by atoms with Gasteiger partial charge in [-0.25, -0.2) is 4.79 Å². The normalized spacial score (nSPS) is 11.4. The van der Waals surface area contributed by atoms with E-state index in [0.29, 0.717) is 25.2 Å². The van der Waals surface area contributed by atoms with E-state index in [2.05, 4.69) is 10.6 Å². The van der Waals surface area contributed by atoms with Crippen molar-refractivity contribution in [2.45, 2.75) is 32.9 Å². The maximum absolute atomic E-state index is 11.4. The second-order valence-electron chi connectivity index (χ2n) is 5.87. The van der Waals surface area contributed by atoms with Gasteiger partial charge in [0.2, 0.25) is 0 Å². The number of benzene rings is 1. The van der Waals surface area contributed by atoms with Crippen LogP contribution in [0.15, 0.2) is 36.4 Å². The van der Waals surface area contributed by atoms with Crippen LogP contribution in [0.2, 0.25) is 0 Å². The monoisotopic (exact) mass is 321 g/mol. The third kappa shape index (κ3) is 7.96. The Balaban J connectivity index is 2.25. The van der Waals surface area contributed by atoms with Crippen molar-refractivity contribution < 1.29 is 14.5 Å². The third-order valence-electron chi connectivity index (χ3n) is 2.70. The molecule has 23 heavy (non-hydrogen) atoms. The van der Waals surface area contributed by atoms with Crippen molar-refractivity contribution in [3.8, 4) is 0 Å². The molecule has 0 aliphatic heterocycles. The molecule has 0 atom stereocenters. The zero-order valence-corrected chi connectivity index (χ0v) is 13.7. The van der Waals surface area contributed by atoms with E-state index in [9.17, 15) is 14.9 Å². The Morgan fingerprint density at radius 2 is 1.91 bits per heavy atom. The zero-order chi connectivity index (χ0) is 17.3. The van der Waals surface area contributed by atoms with E-state index in [1.807, 2.05) is 6.08 Å². The van der Waals surface area contributed by atoms with Crippen LogP contribution in [0.1, 0.15) is 26.3 Å². The van der Waals surface area contributed by atoms with Gasteiger partial charge in [-0.15, -0.1) is 0 Å². The van der Waals surface area contributed by atoms with Gasteiger partial charge in [0.1, 0.15) is 5.60 Å². The average molecular weight is 321 g/mol. The number of carbonyl (C=O) groups excluding carboxylic acids is 1. The average Bonchev–Trinajstić information content (AvgIpc) is 2.44. The largest absolute Gasteiger partial charge is 0.444 e. The quantitative estimate of drug-likeness (QED) is 0.348. The summed E-state index contributed by atoms with van der Waals surface area (Å²) >= 11 is 0. The topological polar surface area (TPSA) is 93.5 Å². The van der Waals surface area contributed by atoms with Crippen molar-refractivity contribution in [2.24, 2.45) is 0 Å². The first-order valence-corrected chi connectivity index (χ1v) is 7.34. The van der Waals surface area contributed by atoms with Crippen LogP contribution in [0.25, 0.3) is 0 Å². The number of ether oxygens (including phenoxy) is 1. The Labute approximate surface area is 135 Å². The van der Waals surface area contributed by atoms with Crippen LogP contribution >= 0.6 is 0 Å². The first kappa shape index (κ1) is 18.6. The van der Waals surface area contributed by atoms with Gasteiger partial charge in [-0.05, 0) is 20.8 Å². The summed E-state index contributed by atoms with van der Waals surface area (Å²) in [6.07, 6.45) is 3.16. The van der Waals surface area contributed by atoms with Crippen LogP contribution in [0.3, 0.4) is 0 Å². The molecule has 1 rings (SSSR count). The number of hydrogen-bond acceptors (Lipinski definition) is 5. The van der Waals surface area contributed by atoms with Gasteiger partial charge >= 0.3 is 6.09 Å². The van der Waals surface area contributed by atoms with Gasteiger partial charge in [0.05, 0.1) is 4.92 Å². The number of nitrogens with one attached hydrogen (secondary N) is 2. The summed E-state index contributed by atoms with van der Waals surface area (Å²) in [6, 6.07) is 6.62. The van der Waals surface area contributed by atoms with E-state index in [0.717, 1.165) is 0 Å².